The highest BCUT2D eigenvalue weighted by atomic mass is 14.7. The number of para-hydroxylation sites is 1. The van der Waals surface area contributed by atoms with Crippen LogP contribution in [0.2, 0.25) is 0 Å². The highest BCUT2D eigenvalue weighted by Gasteiger charge is 1.92. The highest BCUT2D eigenvalue weighted by molar-refractivity contribution is 5.79. The lowest BCUT2D eigenvalue weighted by Crippen LogP contribution is -1.81. The van der Waals surface area contributed by atoms with Gasteiger partial charge in [0.25, 0.3) is 0 Å². The molecule has 0 fully saturated rings. The van der Waals surface area contributed by atoms with Gasteiger partial charge in [0.05, 0.1) is 11.2 Å². The molecule has 64 valence electrons. The molecule has 13 heavy (non-hydrogen) atoms. The van der Waals surface area contributed by atoms with E-state index in [1.807, 2.05) is 43.3 Å². The summed E-state index contributed by atoms with van der Waals surface area (Å²) in [5.74, 6) is 0. The summed E-state index contributed by atoms with van der Waals surface area (Å²) >= 11 is 0. The predicted octanol–water partition coefficient (Wildman–Crippen LogP) is 3.27. The van der Waals surface area contributed by atoms with Gasteiger partial charge in [-0.25, -0.2) is 4.98 Å². The van der Waals surface area contributed by atoms with E-state index < -0.39 is 0 Å². The number of rotatable bonds is 1. The molecule has 0 spiro atoms. The fourth-order valence-corrected chi connectivity index (χ4v) is 1.35. The first kappa shape index (κ1) is 7.99. The number of aromatic nitrogens is 1. The van der Waals surface area contributed by atoms with Crippen LogP contribution in [-0.2, 0) is 0 Å². The molecule has 0 bridgehead atoms. The SMILES string of the molecule is C/C=C/c1ccc2ccccc2n1. The van der Waals surface area contributed by atoms with Gasteiger partial charge in [-0.3, -0.25) is 0 Å². The monoisotopic (exact) mass is 169 g/mol. The maximum Gasteiger partial charge on any atom is 0.0709 e. The number of nitrogens with zero attached hydrogens (tertiary/aromatic N) is 1. The molecular formula is C12H11N. The molecule has 0 unspecified atom stereocenters. The Kier molecular flexibility index (Phi) is 2.09. The third-order valence-electron chi connectivity index (χ3n) is 1.96. The Balaban J connectivity index is 2.62. The molecule has 1 heteroatoms. The first-order valence-corrected chi connectivity index (χ1v) is 4.38. The Morgan fingerprint density at radius 1 is 1.08 bits per heavy atom. The van der Waals surface area contributed by atoms with E-state index >= 15 is 0 Å². The summed E-state index contributed by atoms with van der Waals surface area (Å²) in [6.07, 6.45) is 4.00. The predicted molar refractivity (Wildman–Crippen MR) is 56.5 cm³/mol. The Bertz CT molecular complexity index is 444. The van der Waals surface area contributed by atoms with E-state index in [-0.39, 0.29) is 0 Å². The van der Waals surface area contributed by atoms with Crippen molar-refractivity contribution in [1.29, 1.82) is 0 Å². The van der Waals surface area contributed by atoms with Crippen LogP contribution in [0.1, 0.15) is 12.6 Å². The van der Waals surface area contributed by atoms with E-state index in [1.165, 1.54) is 5.39 Å². The van der Waals surface area contributed by atoms with E-state index in [0.29, 0.717) is 0 Å². The molecule has 0 radical (unpaired) electrons. The van der Waals surface area contributed by atoms with Crippen LogP contribution in [-0.4, -0.2) is 4.98 Å². The smallest absolute Gasteiger partial charge is 0.0709 e. The molecule has 0 amide bonds. The number of pyridine rings is 1. The van der Waals surface area contributed by atoms with Crippen molar-refractivity contribution in [2.45, 2.75) is 6.92 Å². The highest BCUT2D eigenvalue weighted by Crippen LogP contribution is 2.12. The lowest BCUT2D eigenvalue weighted by Gasteiger charge is -1.97. The molecule has 0 aliphatic heterocycles. The molecule has 0 atom stereocenters. The lowest BCUT2D eigenvalue weighted by atomic mass is 10.2. The molecule has 2 rings (SSSR count). The average Bonchev–Trinajstić information content (AvgIpc) is 2.18. The summed E-state index contributed by atoms with van der Waals surface area (Å²) in [6, 6.07) is 12.3. The van der Waals surface area contributed by atoms with Gasteiger partial charge in [-0.15, -0.1) is 0 Å². The van der Waals surface area contributed by atoms with Crippen LogP contribution in [0.3, 0.4) is 0 Å². The van der Waals surface area contributed by atoms with Crippen molar-refractivity contribution in [1.82, 2.24) is 4.98 Å². The van der Waals surface area contributed by atoms with Gasteiger partial charge in [0.2, 0.25) is 0 Å². The van der Waals surface area contributed by atoms with Crippen LogP contribution in [0, 0.1) is 0 Å². The number of benzene rings is 1. The summed E-state index contributed by atoms with van der Waals surface area (Å²) in [5, 5.41) is 1.19. The maximum absolute atomic E-state index is 4.48. The summed E-state index contributed by atoms with van der Waals surface area (Å²) < 4.78 is 0. The first-order chi connectivity index (χ1) is 6.40. The third kappa shape index (κ3) is 1.59. The van der Waals surface area contributed by atoms with Crippen LogP contribution in [0.25, 0.3) is 17.0 Å². The van der Waals surface area contributed by atoms with Gasteiger partial charge in [0, 0.05) is 5.39 Å². The van der Waals surface area contributed by atoms with Crippen molar-refractivity contribution in [2.75, 3.05) is 0 Å². The van der Waals surface area contributed by atoms with Crippen molar-refractivity contribution >= 4 is 17.0 Å². The van der Waals surface area contributed by atoms with Crippen molar-refractivity contribution in [2.24, 2.45) is 0 Å². The van der Waals surface area contributed by atoms with Gasteiger partial charge >= 0.3 is 0 Å². The minimum atomic E-state index is 1.02. The third-order valence-corrected chi connectivity index (χ3v) is 1.96. The molecule has 1 aromatic carbocycles. The van der Waals surface area contributed by atoms with E-state index in [0.717, 1.165) is 11.2 Å². The van der Waals surface area contributed by atoms with Crippen LogP contribution >= 0.6 is 0 Å². The van der Waals surface area contributed by atoms with Crippen LogP contribution in [0.4, 0.5) is 0 Å². The second-order valence-electron chi connectivity index (χ2n) is 2.93. The summed E-state index contributed by atoms with van der Waals surface area (Å²) in [7, 11) is 0. The second kappa shape index (κ2) is 3.40. The van der Waals surface area contributed by atoms with E-state index in [1.54, 1.807) is 0 Å². The number of allylic oxidation sites excluding steroid dienone is 1. The zero-order valence-corrected chi connectivity index (χ0v) is 7.57. The zero-order valence-electron chi connectivity index (χ0n) is 7.57. The van der Waals surface area contributed by atoms with Gasteiger partial charge < -0.3 is 0 Å². The molecule has 1 aromatic heterocycles. The molecule has 1 nitrogen and oxygen atoms in total. The molecule has 0 aliphatic rings. The summed E-state index contributed by atoms with van der Waals surface area (Å²) in [5.41, 5.74) is 2.07. The topological polar surface area (TPSA) is 12.9 Å². The maximum atomic E-state index is 4.48. The van der Waals surface area contributed by atoms with E-state index in [2.05, 4.69) is 17.1 Å². The van der Waals surface area contributed by atoms with E-state index in [9.17, 15) is 0 Å². The number of hydrogen-bond acceptors (Lipinski definition) is 1. The Hall–Kier alpha value is -1.63. The second-order valence-corrected chi connectivity index (χ2v) is 2.93. The van der Waals surface area contributed by atoms with Crippen molar-refractivity contribution in [3.8, 4) is 0 Å². The van der Waals surface area contributed by atoms with Gasteiger partial charge in [0.15, 0.2) is 0 Å². The van der Waals surface area contributed by atoms with Gasteiger partial charge in [-0.1, -0.05) is 30.3 Å². The Morgan fingerprint density at radius 3 is 2.77 bits per heavy atom. The van der Waals surface area contributed by atoms with Crippen molar-refractivity contribution < 1.29 is 0 Å². The van der Waals surface area contributed by atoms with Crippen LogP contribution in [0.5, 0.6) is 0 Å². The molecule has 0 saturated heterocycles. The summed E-state index contributed by atoms with van der Waals surface area (Å²) in [6.45, 7) is 2.00. The van der Waals surface area contributed by atoms with Crippen molar-refractivity contribution in [3.63, 3.8) is 0 Å². The van der Waals surface area contributed by atoms with Crippen LogP contribution in [0.15, 0.2) is 42.5 Å². The molecule has 2 aromatic rings. The fourth-order valence-electron chi connectivity index (χ4n) is 1.35. The van der Waals surface area contributed by atoms with Gasteiger partial charge in [-0.05, 0) is 25.1 Å². The average molecular weight is 169 g/mol. The minimum absolute atomic E-state index is 1.02. The van der Waals surface area contributed by atoms with E-state index in [4.69, 9.17) is 0 Å². The molecule has 0 N–H and O–H groups in total. The number of fused-ring (bicyclic) bond motifs is 1. The minimum Gasteiger partial charge on any atom is -0.248 e. The standard InChI is InChI=1S/C12H11N/c1-2-5-11-9-8-10-6-3-4-7-12(10)13-11/h2-9H,1H3/b5-2+. The van der Waals surface area contributed by atoms with Gasteiger partial charge in [-0.2, -0.15) is 0 Å². The lowest BCUT2D eigenvalue weighted by molar-refractivity contribution is 1.37. The first-order valence-electron chi connectivity index (χ1n) is 4.38. The zero-order chi connectivity index (χ0) is 9.10. The Morgan fingerprint density at radius 2 is 1.92 bits per heavy atom. The molecular weight excluding hydrogens is 158 g/mol. The molecule has 1 heterocycles. The van der Waals surface area contributed by atoms with Gasteiger partial charge in [0.1, 0.15) is 0 Å². The molecule has 0 aliphatic carbocycles. The normalized spacial score (nSPS) is 11.2. The van der Waals surface area contributed by atoms with Crippen LogP contribution < -0.4 is 0 Å². The number of hydrogen-bond donors (Lipinski definition) is 0. The van der Waals surface area contributed by atoms with Crippen molar-refractivity contribution in [3.05, 3.63) is 48.2 Å². The largest absolute Gasteiger partial charge is 0.248 e. The molecule has 0 saturated carbocycles. The Labute approximate surface area is 77.7 Å². The quantitative estimate of drug-likeness (QED) is 0.638. The fraction of sp³-hybridized carbons (Fsp3) is 0.0833. The summed E-state index contributed by atoms with van der Waals surface area (Å²) in [4.78, 5) is 4.48.